The number of benzene rings is 1. The third-order valence-corrected chi connectivity index (χ3v) is 8.95. The second kappa shape index (κ2) is 8.96. The topological polar surface area (TPSA) is 176 Å². The van der Waals surface area contributed by atoms with Crippen molar-refractivity contribution < 1.29 is 37.5 Å². The van der Waals surface area contributed by atoms with E-state index in [0.29, 0.717) is 14.8 Å². The summed E-state index contributed by atoms with van der Waals surface area (Å²) in [5, 5.41) is 16.0. The third kappa shape index (κ3) is 4.36. The van der Waals surface area contributed by atoms with Gasteiger partial charge in [-0.15, -0.1) is 11.8 Å². The van der Waals surface area contributed by atoms with Crippen molar-refractivity contribution in [2.45, 2.75) is 42.1 Å². The molecule has 0 saturated carbocycles. The van der Waals surface area contributed by atoms with Crippen molar-refractivity contribution in [1.82, 2.24) is 24.7 Å². The highest BCUT2D eigenvalue weighted by molar-refractivity contribution is 8.01. The van der Waals surface area contributed by atoms with Gasteiger partial charge in [-0.3, -0.25) is 9.59 Å². The first-order valence-corrected chi connectivity index (χ1v) is 13.6. The molecule has 0 aliphatic carbocycles. The number of imide groups is 1. The number of carboxylic acids is 1. The van der Waals surface area contributed by atoms with Gasteiger partial charge in [0.15, 0.2) is 0 Å². The van der Waals surface area contributed by atoms with Gasteiger partial charge in [0.25, 0.3) is 0 Å². The Bertz CT molecular complexity index is 1240. The summed E-state index contributed by atoms with van der Waals surface area (Å²) < 4.78 is 23.2. The number of rotatable bonds is 6. The van der Waals surface area contributed by atoms with Crippen LogP contribution in [0.3, 0.4) is 0 Å². The average molecular weight is 539 g/mol. The predicted molar refractivity (Wildman–Crippen MR) is 124 cm³/mol. The minimum Gasteiger partial charge on any atom is -0.548 e. The zero-order valence-electron chi connectivity index (χ0n) is 19.5. The van der Waals surface area contributed by atoms with Gasteiger partial charge in [-0.1, -0.05) is 30.3 Å². The van der Waals surface area contributed by atoms with Crippen LogP contribution in [-0.4, -0.2) is 93.9 Å². The Morgan fingerprint density at radius 1 is 1.14 bits per heavy atom. The largest absolute Gasteiger partial charge is 0.548 e. The van der Waals surface area contributed by atoms with Crippen LogP contribution >= 0.6 is 11.8 Å². The molecule has 13 nitrogen and oxygen atoms in total. The quantitative estimate of drug-likeness (QED) is 0.405. The molecule has 1 unspecified atom stereocenters. The van der Waals surface area contributed by atoms with E-state index in [2.05, 4.69) is 10.6 Å². The average Bonchev–Trinajstić information content (AvgIpc) is 3.31. The number of hydrogen-bond acceptors (Lipinski definition) is 9. The predicted octanol–water partition coefficient (Wildman–Crippen LogP) is -1.57. The SMILES string of the molecule is CC1(C)S[C@@H]2[C@H](NC(=O)C(NC(=O)N3CCN(S(C)(=O)=O)C3=O)c3ccccc3)C(=O)N2[C@H]1C(=O)[O-]. The van der Waals surface area contributed by atoms with E-state index >= 15 is 0 Å². The van der Waals surface area contributed by atoms with Crippen molar-refractivity contribution in [2.24, 2.45) is 0 Å². The van der Waals surface area contributed by atoms with Crippen molar-refractivity contribution in [3.63, 3.8) is 0 Å². The standard InChI is InChI=1S/C21H25N5O8S2/c1-21(2)14(18(29)30)26-16(28)13(17(26)35-21)22-15(27)12(11-7-5-4-6-8-11)23-19(31)24-9-10-25(20(24)32)36(3,33)34/h4-8,12-14,17H,9-10H2,1-3H3,(H,22,27)(H,23,31)(H,29,30)/p-1/t12?,13-,14+,17-/m1/s1. The van der Waals surface area contributed by atoms with Crippen molar-refractivity contribution in [3.05, 3.63) is 35.9 Å². The molecule has 0 bridgehead atoms. The Morgan fingerprint density at radius 3 is 2.33 bits per heavy atom. The summed E-state index contributed by atoms with van der Waals surface area (Å²) >= 11 is 1.22. The lowest BCUT2D eigenvalue weighted by atomic mass is 9.95. The Labute approximate surface area is 211 Å². The molecule has 3 saturated heterocycles. The van der Waals surface area contributed by atoms with Crippen LogP contribution in [0.4, 0.5) is 9.59 Å². The number of aliphatic carboxylic acids is 1. The fourth-order valence-corrected chi connectivity index (χ4v) is 6.94. The van der Waals surface area contributed by atoms with Crippen molar-refractivity contribution in [3.8, 4) is 0 Å². The van der Waals surface area contributed by atoms with Crippen LogP contribution in [0.1, 0.15) is 25.5 Å². The zero-order valence-corrected chi connectivity index (χ0v) is 21.2. The molecule has 4 atom stereocenters. The summed E-state index contributed by atoms with van der Waals surface area (Å²) in [7, 11) is -3.87. The van der Waals surface area contributed by atoms with E-state index in [9.17, 15) is 37.5 Å². The molecule has 4 rings (SSSR count). The van der Waals surface area contributed by atoms with Crippen LogP contribution in [0.5, 0.6) is 0 Å². The Kier molecular flexibility index (Phi) is 6.41. The van der Waals surface area contributed by atoms with Crippen molar-refractivity contribution in [1.29, 1.82) is 0 Å². The van der Waals surface area contributed by atoms with Crippen LogP contribution in [0.25, 0.3) is 0 Å². The van der Waals surface area contributed by atoms with Gasteiger partial charge in [-0.25, -0.2) is 27.2 Å². The van der Waals surface area contributed by atoms with Gasteiger partial charge in [0, 0.05) is 4.75 Å². The summed E-state index contributed by atoms with van der Waals surface area (Å²) in [6.45, 7) is 2.92. The molecule has 3 aliphatic heterocycles. The molecule has 15 heteroatoms. The fraction of sp³-hybridized carbons (Fsp3) is 0.476. The minimum absolute atomic E-state index is 0.199. The molecule has 0 spiro atoms. The normalized spacial score (nSPS) is 25.8. The van der Waals surface area contributed by atoms with E-state index in [1.54, 1.807) is 44.2 Å². The lowest BCUT2D eigenvalue weighted by molar-refractivity contribution is -0.312. The highest BCUT2D eigenvalue weighted by atomic mass is 32.2. The first kappa shape index (κ1) is 25.8. The maximum Gasteiger partial charge on any atom is 0.341 e. The summed E-state index contributed by atoms with van der Waals surface area (Å²) in [6.07, 6.45) is 0.846. The Hall–Kier alpha value is -3.33. The number of thioether (sulfide) groups is 1. The van der Waals surface area contributed by atoms with Gasteiger partial charge < -0.3 is 25.4 Å². The highest BCUT2D eigenvalue weighted by Gasteiger charge is 2.62. The first-order valence-electron chi connectivity index (χ1n) is 10.9. The number of nitrogens with zero attached hydrogens (tertiary/aromatic N) is 3. The number of carbonyl (C=O) groups excluding carboxylic acids is 5. The molecule has 1 aromatic rings. The van der Waals surface area contributed by atoms with E-state index in [-0.39, 0.29) is 13.1 Å². The van der Waals surface area contributed by atoms with E-state index < -0.39 is 68.1 Å². The van der Waals surface area contributed by atoms with Crippen LogP contribution in [-0.2, 0) is 24.4 Å². The molecule has 3 aliphatic rings. The van der Waals surface area contributed by atoms with Crippen molar-refractivity contribution >= 4 is 51.6 Å². The molecular weight excluding hydrogens is 514 g/mol. The molecular formula is C21H24N5O8S2-. The molecule has 194 valence electrons. The number of urea groups is 2. The lowest BCUT2D eigenvalue weighted by Gasteiger charge is -2.45. The molecule has 0 radical (unpaired) electrons. The fourth-order valence-electron chi connectivity index (χ4n) is 4.52. The second-order valence-electron chi connectivity index (χ2n) is 9.13. The van der Waals surface area contributed by atoms with Crippen LogP contribution in [0.15, 0.2) is 30.3 Å². The van der Waals surface area contributed by atoms with E-state index in [4.69, 9.17) is 0 Å². The Balaban J connectivity index is 1.51. The maximum absolute atomic E-state index is 13.3. The molecule has 3 heterocycles. The Morgan fingerprint density at radius 2 is 1.78 bits per heavy atom. The van der Waals surface area contributed by atoms with Gasteiger partial charge in [0.2, 0.25) is 21.8 Å². The first-order chi connectivity index (χ1) is 16.7. The van der Waals surface area contributed by atoms with Gasteiger partial charge >= 0.3 is 12.1 Å². The monoisotopic (exact) mass is 538 g/mol. The number of amides is 6. The van der Waals surface area contributed by atoms with Gasteiger partial charge in [-0.05, 0) is 19.4 Å². The molecule has 1 aromatic carbocycles. The number of nitrogens with one attached hydrogen (secondary N) is 2. The van der Waals surface area contributed by atoms with Gasteiger partial charge in [-0.2, -0.15) is 0 Å². The molecule has 0 aromatic heterocycles. The van der Waals surface area contributed by atoms with Gasteiger partial charge in [0.05, 0.1) is 31.4 Å². The molecule has 2 N–H and O–H groups in total. The highest BCUT2D eigenvalue weighted by Crippen LogP contribution is 2.50. The maximum atomic E-state index is 13.3. The summed E-state index contributed by atoms with van der Waals surface area (Å²) in [5.41, 5.74) is 0.352. The number of hydrogen-bond donors (Lipinski definition) is 2. The van der Waals surface area contributed by atoms with Crippen LogP contribution in [0.2, 0.25) is 0 Å². The molecule has 3 fully saturated rings. The number of β-lactam (4-membered cyclic amide) rings is 1. The number of carbonyl (C=O) groups is 5. The summed E-state index contributed by atoms with van der Waals surface area (Å²) in [6, 6.07) is 2.56. The number of carboxylic acid groups (broad SMARTS) is 1. The summed E-state index contributed by atoms with van der Waals surface area (Å²) in [5.74, 6) is -2.73. The van der Waals surface area contributed by atoms with E-state index in [1.165, 1.54) is 16.7 Å². The zero-order chi connectivity index (χ0) is 26.6. The van der Waals surface area contributed by atoms with Gasteiger partial charge in [0.1, 0.15) is 17.5 Å². The van der Waals surface area contributed by atoms with Crippen LogP contribution < -0.4 is 15.7 Å². The number of sulfonamides is 1. The van der Waals surface area contributed by atoms with Crippen LogP contribution in [0, 0.1) is 0 Å². The lowest BCUT2D eigenvalue weighted by Crippen LogP contribution is -2.72. The van der Waals surface area contributed by atoms with Crippen molar-refractivity contribution in [2.75, 3.05) is 19.3 Å². The smallest absolute Gasteiger partial charge is 0.341 e. The third-order valence-electron chi connectivity index (χ3n) is 6.24. The van der Waals surface area contributed by atoms with E-state index in [1.807, 2.05) is 0 Å². The van der Waals surface area contributed by atoms with E-state index in [0.717, 1.165) is 6.26 Å². The number of fused-ring (bicyclic) bond motifs is 1. The summed E-state index contributed by atoms with van der Waals surface area (Å²) in [4.78, 5) is 64.8. The molecule has 36 heavy (non-hydrogen) atoms. The second-order valence-corrected chi connectivity index (χ2v) is 12.8. The minimum atomic E-state index is -3.87. The molecule has 6 amide bonds.